The molecule has 1 fully saturated rings. The van der Waals surface area contributed by atoms with Crippen LogP contribution in [0.4, 0.5) is 0 Å². The summed E-state index contributed by atoms with van der Waals surface area (Å²) in [5, 5.41) is 3.84. The largest absolute Gasteiger partial charge is 0.316 e. The zero-order chi connectivity index (χ0) is 7.40. The molecule has 10 heavy (non-hydrogen) atoms. The lowest BCUT2D eigenvalue weighted by molar-refractivity contribution is -0.121. The Morgan fingerprint density at radius 2 is 2.50 bits per heavy atom. The highest BCUT2D eigenvalue weighted by Crippen LogP contribution is 2.11. The Hall–Kier alpha value is 0.162. The molecule has 2 nitrogen and oxygen atoms in total. The van der Waals surface area contributed by atoms with E-state index in [2.05, 4.69) is 21.6 Å². The Morgan fingerprint density at radius 1 is 1.70 bits per heavy atom. The molecule has 1 saturated heterocycles. The molecule has 0 spiro atoms. The second-order valence-electron chi connectivity index (χ2n) is 2.71. The molecule has 1 heterocycles. The minimum Gasteiger partial charge on any atom is -0.316 e. The standard InChI is InChI=1S/C7H12NO.Al/c1-6(9)7-3-2-4-8-5-7;/h7-8H,1-5H2;. The van der Waals surface area contributed by atoms with Gasteiger partial charge in [-0.15, -0.1) is 0 Å². The highest BCUT2D eigenvalue weighted by molar-refractivity contribution is 6.20. The van der Waals surface area contributed by atoms with Gasteiger partial charge in [-0.25, -0.2) is 0 Å². The van der Waals surface area contributed by atoms with Crippen LogP contribution in [0, 0.1) is 5.92 Å². The molecule has 0 saturated carbocycles. The topological polar surface area (TPSA) is 29.1 Å². The van der Waals surface area contributed by atoms with E-state index in [1.807, 2.05) is 0 Å². The summed E-state index contributed by atoms with van der Waals surface area (Å²) in [4.78, 5) is 11.1. The van der Waals surface area contributed by atoms with E-state index in [-0.39, 0.29) is 0 Å². The molecule has 1 aliphatic rings. The smallest absolute Gasteiger partial charge is 0.130 e. The van der Waals surface area contributed by atoms with Gasteiger partial charge in [0.05, 0.1) is 0 Å². The number of ketones is 1. The van der Waals surface area contributed by atoms with Crippen LogP contribution in [0.3, 0.4) is 0 Å². The molecule has 1 aliphatic heterocycles. The van der Waals surface area contributed by atoms with Crippen LogP contribution in [0.25, 0.3) is 0 Å². The fourth-order valence-corrected chi connectivity index (χ4v) is 1.63. The van der Waals surface area contributed by atoms with Crippen molar-refractivity contribution >= 4 is 22.1 Å². The Kier molecular flexibility index (Phi) is 3.41. The predicted octanol–water partition coefficient (Wildman–Crippen LogP) is 0.142. The maximum atomic E-state index is 11.1. The van der Waals surface area contributed by atoms with Gasteiger partial charge >= 0.3 is 0 Å². The third-order valence-corrected chi connectivity index (χ3v) is 2.36. The third-order valence-electron chi connectivity index (χ3n) is 1.95. The predicted molar refractivity (Wildman–Crippen MR) is 41.2 cm³/mol. The Bertz CT molecular complexity index is 121. The molecule has 1 N–H and O–H groups in total. The number of hydrogen-bond acceptors (Lipinski definition) is 2. The van der Waals surface area contributed by atoms with Gasteiger partial charge in [0, 0.05) is 12.5 Å². The second-order valence-corrected chi connectivity index (χ2v) is 3.12. The minimum absolute atomic E-state index is 0.297. The van der Waals surface area contributed by atoms with E-state index < -0.39 is 0 Å². The van der Waals surface area contributed by atoms with Gasteiger partial charge in [-0.3, -0.25) is 0 Å². The van der Waals surface area contributed by atoms with Crippen molar-refractivity contribution in [3.8, 4) is 0 Å². The van der Waals surface area contributed by atoms with Gasteiger partial charge < -0.3 is 10.1 Å². The number of rotatable bonds is 2. The Balaban J connectivity index is 2.31. The Labute approximate surface area is 69.8 Å². The minimum atomic E-state index is 0.297. The summed E-state index contributed by atoms with van der Waals surface area (Å²) < 4.78 is 0. The monoisotopic (exact) mass is 153 g/mol. The van der Waals surface area contributed by atoms with Crippen molar-refractivity contribution in [3.05, 3.63) is 0 Å². The van der Waals surface area contributed by atoms with Gasteiger partial charge in [0.2, 0.25) is 0 Å². The maximum Gasteiger partial charge on any atom is 0.130 e. The van der Waals surface area contributed by atoms with Crippen LogP contribution >= 0.6 is 0 Å². The van der Waals surface area contributed by atoms with Gasteiger partial charge in [0.25, 0.3) is 0 Å². The van der Waals surface area contributed by atoms with Crippen molar-refractivity contribution in [2.45, 2.75) is 18.1 Å². The van der Waals surface area contributed by atoms with Crippen molar-refractivity contribution in [1.29, 1.82) is 0 Å². The molecular weight excluding hydrogens is 141 g/mol. The molecule has 0 aromatic heterocycles. The summed E-state index contributed by atoms with van der Waals surface area (Å²) in [7, 11) is 0. The maximum absolute atomic E-state index is 11.1. The average molecular weight is 153 g/mol. The lowest BCUT2D eigenvalue weighted by Gasteiger charge is -2.20. The van der Waals surface area contributed by atoms with Crippen LogP contribution in [-0.4, -0.2) is 35.2 Å². The molecule has 0 amide bonds. The molecule has 2 radical (unpaired) electrons. The van der Waals surface area contributed by atoms with E-state index in [1.54, 1.807) is 0 Å². The molecule has 1 atom stereocenters. The summed E-state index contributed by atoms with van der Waals surface area (Å²) >= 11 is 2.49. The van der Waals surface area contributed by atoms with Crippen molar-refractivity contribution in [3.63, 3.8) is 0 Å². The summed E-state index contributed by atoms with van der Waals surface area (Å²) in [6.07, 6.45) is 2.24. The fourth-order valence-electron chi connectivity index (χ4n) is 1.29. The highest BCUT2D eigenvalue weighted by Gasteiger charge is 2.17. The van der Waals surface area contributed by atoms with Gasteiger partial charge in [-0.05, 0) is 19.4 Å². The fraction of sp³-hybridized carbons (Fsp3) is 0.857. The molecule has 0 aromatic rings. The van der Waals surface area contributed by atoms with Gasteiger partial charge in [0.15, 0.2) is 0 Å². The highest BCUT2D eigenvalue weighted by atomic mass is 27.0. The third kappa shape index (κ3) is 2.09. The van der Waals surface area contributed by atoms with E-state index in [0.717, 1.165) is 25.9 Å². The number of piperidine rings is 1. The quantitative estimate of drug-likeness (QED) is 0.572. The van der Waals surface area contributed by atoms with Gasteiger partial charge in [-0.1, -0.05) is 5.28 Å². The first-order chi connectivity index (χ1) is 4.84. The number of carbonyl (C=O) groups excluding carboxylic acids is 1. The van der Waals surface area contributed by atoms with Crippen molar-refractivity contribution in [1.82, 2.24) is 5.32 Å². The van der Waals surface area contributed by atoms with E-state index in [4.69, 9.17) is 0 Å². The molecule has 0 aliphatic carbocycles. The van der Waals surface area contributed by atoms with E-state index in [1.165, 1.54) is 0 Å². The molecular formula is C7H12AlNO. The van der Waals surface area contributed by atoms with Crippen LogP contribution < -0.4 is 5.32 Å². The summed E-state index contributed by atoms with van der Waals surface area (Å²) in [6, 6.07) is 0. The lowest BCUT2D eigenvalue weighted by atomic mass is 9.96. The summed E-state index contributed by atoms with van der Waals surface area (Å²) in [5.74, 6) is 0.684. The first-order valence-corrected chi connectivity index (χ1v) is 4.59. The van der Waals surface area contributed by atoms with Crippen LogP contribution in [-0.2, 0) is 4.79 Å². The summed E-state index contributed by atoms with van der Waals surface area (Å²) in [5.41, 5.74) is 0. The number of hydrogen-bond donors (Lipinski definition) is 1. The number of Topliss-reactive ketones (excluding diaryl/α,β-unsaturated/α-hetero) is 1. The van der Waals surface area contributed by atoms with Crippen LogP contribution in [0.1, 0.15) is 12.8 Å². The number of carbonyl (C=O) groups is 1. The first kappa shape index (κ1) is 8.26. The summed E-state index contributed by atoms with van der Waals surface area (Å²) in [6.45, 7) is 1.98. The van der Waals surface area contributed by atoms with E-state index >= 15 is 0 Å². The average Bonchev–Trinajstić information content (AvgIpc) is 2.05. The molecule has 1 rings (SSSR count). The van der Waals surface area contributed by atoms with Crippen LogP contribution in [0.5, 0.6) is 0 Å². The van der Waals surface area contributed by atoms with Crippen molar-refractivity contribution in [2.75, 3.05) is 13.1 Å². The van der Waals surface area contributed by atoms with Crippen molar-refractivity contribution in [2.24, 2.45) is 5.92 Å². The molecule has 0 aromatic carbocycles. The van der Waals surface area contributed by atoms with E-state index in [0.29, 0.717) is 17.0 Å². The molecule has 1 unspecified atom stereocenters. The Morgan fingerprint density at radius 3 is 3.00 bits per heavy atom. The van der Waals surface area contributed by atoms with Gasteiger partial charge in [-0.2, -0.15) is 0 Å². The zero-order valence-corrected chi connectivity index (χ0v) is 7.25. The zero-order valence-electron chi connectivity index (χ0n) is 6.10. The van der Waals surface area contributed by atoms with Crippen molar-refractivity contribution < 1.29 is 4.79 Å². The lowest BCUT2D eigenvalue weighted by Crippen LogP contribution is -2.34. The normalized spacial score (nSPS) is 26.2. The first-order valence-electron chi connectivity index (χ1n) is 3.78. The SMILES string of the molecule is O=C([CH2][Al])C1CCCNC1. The van der Waals surface area contributed by atoms with Crippen LogP contribution in [0.2, 0.25) is 5.28 Å². The molecule has 54 valence electrons. The molecule has 3 heteroatoms. The second kappa shape index (κ2) is 4.13. The number of nitrogens with one attached hydrogen (secondary N) is 1. The van der Waals surface area contributed by atoms with Gasteiger partial charge in [0.1, 0.15) is 22.1 Å². The molecule has 0 bridgehead atoms. The van der Waals surface area contributed by atoms with Crippen LogP contribution in [0.15, 0.2) is 0 Å². The van der Waals surface area contributed by atoms with E-state index in [9.17, 15) is 4.79 Å².